The molecule has 0 spiro atoms. The lowest BCUT2D eigenvalue weighted by Crippen LogP contribution is -2.23. The molecular formula is C12H16ClF3N2. The van der Waals surface area contributed by atoms with Gasteiger partial charge in [0, 0.05) is 11.7 Å². The average Bonchev–Trinajstić information content (AvgIpc) is 2.79. The van der Waals surface area contributed by atoms with Crippen molar-refractivity contribution in [2.45, 2.75) is 25.1 Å². The molecule has 1 aromatic rings. The number of hydrogen-bond acceptors (Lipinski definition) is 2. The van der Waals surface area contributed by atoms with E-state index in [1.165, 1.54) is 0 Å². The minimum absolute atomic E-state index is 0. The molecule has 1 heterocycles. The van der Waals surface area contributed by atoms with Crippen molar-refractivity contribution < 1.29 is 13.2 Å². The standard InChI is InChI=1S/C12H15F3N2.ClH/c13-12(14,15)8-17-11-5-2-1-4-9(11)10-6-3-7-16-10;/h1-2,4-5,10,16-17H,3,6-8H2;1H/t10-;/m0./s1. The Kier molecular flexibility index (Phi) is 5.28. The molecule has 0 radical (unpaired) electrons. The van der Waals surface area contributed by atoms with Crippen LogP contribution >= 0.6 is 12.4 Å². The Morgan fingerprint density at radius 3 is 2.61 bits per heavy atom. The summed E-state index contributed by atoms with van der Waals surface area (Å²) in [5, 5.41) is 5.75. The minimum atomic E-state index is -4.18. The van der Waals surface area contributed by atoms with E-state index >= 15 is 0 Å². The molecular weight excluding hydrogens is 265 g/mol. The van der Waals surface area contributed by atoms with Crippen molar-refractivity contribution in [3.63, 3.8) is 0 Å². The van der Waals surface area contributed by atoms with E-state index in [0.717, 1.165) is 24.9 Å². The highest BCUT2D eigenvalue weighted by molar-refractivity contribution is 5.85. The van der Waals surface area contributed by atoms with Crippen molar-refractivity contribution in [3.05, 3.63) is 29.8 Å². The van der Waals surface area contributed by atoms with Gasteiger partial charge in [-0.15, -0.1) is 12.4 Å². The number of alkyl halides is 3. The van der Waals surface area contributed by atoms with Crippen LogP contribution in [0.1, 0.15) is 24.4 Å². The van der Waals surface area contributed by atoms with Gasteiger partial charge in [-0.2, -0.15) is 13.2 Å². The molecule has 1 atom stereocenters. The summed E-state index contributed by atoms with van der Waals surface area (Å²) in [4.78, 5) is 0. The Hall–Kier alpha value is -0.940. The summed E-state index contributed by atoms with van der Waals surface area (Å²) >= 11 is 0. The predicted octanol–water partition coefficient (Wildman–Crippen LogP) is 3.51. The number of anilines is 1. The number of benzene rings is 1. The van der Waals surface area contributed by atoms with E-state index in [1.54, 1.807) is 12.1 Å². The van der Waals surface area contributed by atoms with Gasteiger partial charge in [0.15, 0.2) is 0 Å². The van der Waals surface area contributed by atoms with Crippen LogP contribution in [0.3, 0.4) is 0 Å². The third-order valence-electron chi connectivity index (χ3n) is 2.88. The molecule has 0 aliphatic carbocycles. The summed E-state index contributed by atoms with van der Waals surface area (Å²) in [6.07, 6.45) is -2.14. The van der Waals surface area contributed by atoms with Gasteiger partial charge in [-0.25, -0.2) is 0 Å². The zero-order chi connectivity index (χ0) is 12.3. The first-order valence-corrected chi connectivity index (χ1v) is 5.69. The lowest BCUT2D eigenvalue weighted by atomic mass is 10.0. The van der Waals surface area contributed by atoms with Gasteiger partial charge < -0.3 is 10.6 Å². The van der Waals surface area contributed by atoms with Crippen LogP contribution in [0.5, 0.6) is 0 Å². The average molecular weight is 281 g/mol. The molecule has 6 heteroatoms. The normalized spacial score (nSPS) is 19.4. The highest BCUT2D eigenvalue weighted by Crippen LogP contribution is 2.29. The fourth-order valence-electron chi connectivity index (χ4n) is 2.11. The number of hydrogen-bond donors (Lipinski definition) is 2. The second-order valence-electron chi connectivity index (χ2n) is 4.20. The van der Waals surface area contributed by atoms with Gasteiger partial charge in [-0.3, -0.25) is 0 Å². The van der Waals surface area contributed by atoms with E-state index < -0.39 is 12.7 Å². The van der Waals surface area contributed by atoms with Crippen LogP contribution in [0.25, 0.3) is 0 Å². The maximum atomic E-state index is 12.2. The molecule has 0 aromatic heterocycles. The molecule has 0 saturated carbocycles. The smallest absolute Gasteiger partial charge is 0.376 e. The summed E-state index contributed by atoms with van der Waals surface area (Å²) in [6, 6.07) is 7.35. The molecule has 102 valence electrons. The van der Waals surface area contributed by atoms with Gasteiger partial charge >= 0.3 is 6.18 Å². The second-order valence-corrected chi connectivity index (χ2v) is 4.20. The third-order valence-corrected chi connectivity index (χ3v) is 2.88. The first kappa shape index (κ1) is 15.1. The molecule has 1 fully saturated rings. The molecule has 1 saturated heterocycles. The molecule has 2 rings (SSSR count). The van der Waals surface area contributed by atoms with E-state index in [9.17, 15) is 13.2 Å². The van der Waals surface area contributed by atoms with Crippen LogP contribution < -0.4 is 10.6 Å². The first-order valence-electron chi connectivity index (χ1n) is 5.69. The van der Waals surface area contributed by atoms with Crippen molar-refractivity contribution in [2.75, 3.05) is 18.4 Å². The molecule has 18 heavy (non-hydrogen) atoms. The Morgan fingerprint density at radius 1 is 1.28 bits per heavy atom. The Morgan fingerprint density at radius 2 is 2.00 bits per heavy atom. The van der Waals surface area contributed by atoms with E-state index in [1.807, 2.05) is 12.1 Å². The maximum Gasteiger partial charge on any atom is 0.405 e. The van der Waals surface area contributed by atoms with Crippen LogP contribution in [0.15, 0.2) is 24.3 Å². The highest BCUT2D eigenvalue weighted by atomic mass is 35.5. The summed E-state index contributed by atoms with van der Waals surface area (Å²) in [6.45, 7) is -0.0605. The molecule has 2 nitrogen and oxygen atoms in total. The summed E-state index contributed by atoms with van der Waals surface area (Å²) in [5.74, 6) is 0. The van der Waals surface area contributed by atoms with Gasteiger partial charge in [0.25, 0.3) is 0 Å². The van der Waals surface area contributed by atoms with E-state index in [4.69, 9.17) is 0 Å². The van der Waals surface area contributed by atoms with Crippen LogP contribution in [-0.2, 0) is 0 Å². The zero-order valence-electron chi connectivity index (χ0n) is 9.76. The second kappa shape index (κ2) is 6.29. The molecule has 0 bridgehead atoms. The SMILES string of the molecule is Cl.FC(F)(F)CNc1ccccc1[C@@H]1CCCN1. The lowest BCUT2D eigenvalue weighted by molar-refractivity contribution is -0.115. The molecule has 0 unspecified atom stereocenters. The van der Waals surface area contributed by atoms with Crippen molar-refractivity contribution >= 4 is 18.1 Å². The summed E-state index contributed by atoms with van der Waals surface area (Å²) in [7, 11) is 0. The monoisotopic (exact) mass is 280 g/mol. The maximum absolute atomic E-state index is 12.2. The molecule has 0 amide bonds. The number of rotatable bonds is 3. The molecule has 2 N–H and O–H groups in total. The predicted molar refractivity (Wildman–Crippen MR) is 68.2 cm³/mol. The minimum Gasteiger partial charge on any atom is -0.376 e. The summed E-state index contributed by atoms with van der Waals surface area (Å²) < 4.78 is 36.5. The quantitative estimate of drug-likeness (QED) is 0.885. The van der Waals surface area contributed by atoms with Crippen molar-refractivity contribution in [2.24, 2.45) is 0 Å². The Balaban J connectivity index is 0.00000162. The van der Waals surface area contributed by atoms with Crippen molar-refractivity contribution in [1.82, 2.24) is 5.32 Å². The van der Waals surface area contributed by atoms with Gasteiger partial charge in [-0.05, 0) is 31.0 Å². The van der Waals surface area contributed by atoms with Gasteiger partial charge in [0.2, 0.25) is 0 Å². The number of nitrogens with one attached hydrogen (secondary N) is 2. The Labute approximate surface area is 110 Å². The highest BCUT2D eigenvalue weighted by Gasteiger charge is 2.27. The third kappa shape index (κ3) is 4.07. The molecule has 1 aromatic carbocycles. The lowest BCUT2D eigenvalue weighted by Gasteiger charge is -2.17. The van der Waals surface area contributed by atoms with Crippen molar-refractivity contribution in [3.8, 4) is 0 Å². The topological polar surface area (TPSA) is 24.1 Å². The fraction of sp³-hybridized carbons (Fsp3) is 0.500. The zero-order valence-corrected chi connectivity index (χ0v) is 10.6. The van der Waals surface area contributed by atoms with E-state index in [-0.39, 0.29) is 18.4 Å². The number of halogens is 4. The first-order chi connectivity index (χ1) is 8.06. The van der Waals surface area contributed by atoms with E-state index in [0.29, 0.717) is 5.69 Å². The van der Waals surface area contributed by atoms with Crippen LogP contribution in [0, 0.1) is 0 Å². The molecule has 1 aliphatic rings. The fourth-order valence-corrected chi connectivity index (χ4v) is 2.11. The summed E-state index contributed by atoms with van der Waals surface area (Å²) in [5.41, 5.74) is 1.50. The van der Waals surface area contributed by atoms with Crippen molar-refractivity contribution in [1.29, 1.82) is 0 Å². The van der Waals surface area contributed by atoms with Gasteiger partial charge in [-0.1, -0.05) is 18.2 Å². The molecule has 1 aliphatic heterocycles. The van der Waals surface area contributed by atoms with Crippen LogP contribution in [0.4, 0.5) is 18.9 Å². The van der Waals surface area contributed by atoms with E-state index in [2.05, 4.69) is 10.6 Å². The van der Waals surface area contributed by atoms with Gasteiger partial charge in [0.1, 0.15) is 6.54 Å². The van der Waals surface area contributed by atoms with Crippen LogP contribution in [-0.4, -0.2) is 19.3 Å². The van der Waals surface area contributed by atoms with Crippen LogP contribution in [0.2, 0.25) is 0 Å². The van der Waals surface area contributed by atoms with Gasteiger partial charge in [0.05, 0.1) is 0 Å². The Bertz CT molecular complexity index is 376. The number of para-hydroxylation sites is 1. The largest absolute Gasteiger partial charge is 0.405 e.